The lowest BCUT2D eigenvalue weighted by Crippen LogP contribution is -2.47. The number of hydrogen-bond acceptors (Lipinski definition) is 7. The summed E-state index contributed by atoms with van der Waals surface area (Å²) in [6, 6.07) is 1.96. The number of rotatable bonds is 3. The van der Waals surface area contributed by atoms with Crippen LogP contribution < -0.4 is 14.7 Å². The minimum atomic E-state index is -0.409. The Kier molecular flexibility index (Phi) is 4.10. The first kappa shape index (κ1) is 15.0. The number of hydrogen-bond donors (Lipinski definition) is 0. The van der Waals surface area contributed by atoms with E-state index in [1.165, 1.54) is 25.2 Å². The third-order valence-electron chi connectivity index (χ3n) is 4.51. The van der Waals surface area contributed by atoms with Gasteiger partial charge < -0.3 is 14.7 Å². The highest BCUT2D eigenvalue weighted by atomic mass is 19.1. The lowest BCUT2D eigenvalue weighted by atomic mass is 10.3. The van der Waals surface area contributed by atoms with Crippen molar-refractivity contribution in [2.24, 2.45) is 0 Å². The number of nitrogens with zero attached hydrogens (tertiary/aromatic N) is 7. The summed E-state index contributed by atoms with van der Waals surface area (Å²) in [5.41, 5.74) is 0. The van der Waals surface area contributed by atoms with E-state index in [4.69, 9.17) is 4.98 Å². The molecule has 0 atom stereocenters. The fourth-order valence-corrected chi connectivity index (χ4v) is 3.19. The molecule has 4 rings (SSSR count). The highest BCUT2D eigenvalue weighted by molar-refractivity contribution is 5.46. The SMILES string of the molecule is Fc1cnc(N2CCN(c3ccnc(N4CCCC4)n3)CC2)nc1. The summed E-state index contributed by atoms with van der Waals surface area (Å²) >= 11 is 0. The molecule has 24 heavy (non-hydrogen) atoms. The number of piperazine rings is 1. The fraction of sp³-hybridized carbons (Fsp3) is 0.500. The molecule has 2 aliphatic heterocycles. The molecule has 7 nitrogen and oxygen atoms in total. The molecule has 8 heteroatoms. The van der Waals surface area contributed by atoms with Crippen molar-refractivity contribution in [1.82, 2.24) is 19.9 Å². The third kappa shape index (κ3) is 3.08. The van der Waals surface area contributed by atoms with Crippen LogP contribution in [-0.4, -0.2) is 59.2 Å². The molecular weight excluding hydrogens is 309 g/mol. The van der Waals surface area contributed by atoms with E-state index in [0.29, 0.717) is 5.95 Å². The van der Waals surface area contributed by atoms with Crippen LogP contribution >= 0.6 is 0 Å². The summed E-state index contributed by atoms with van der Waals surface area (Å²) in [7, 11) is 0. The molecule has 0 aliphatic carbocycles. The number of aromatic nitrogens is 4. The molecule has 0 spiro atoms. The highest BCUT2D eigenvalue weighted by Crippen LogP contribution is 2.20. The maximum Gasteiger partial charge on any atom is 0.227 e. The molecule has 2 fully saturated rings. The van der Waals surface area contributed by atoms with Gasteiger partial charge in [0.15, 0.2) is 5.82 Å². The third-order valence-corrected chi connectivity index (χ3v) is 4.51. The van der Waals surface area contributed by atoms with Gasteiger partial charge in [-0.05, 0) is 18.9 Å². The molecule has 2 saturated heterocycles. The van der Waals surface area contributed by atoms with Crippen LogP contribution in [0.3, 0.4) is 0 Å². The topological polar surface area (TPSA) is 61.3 Å². The van der Waals surface area contributed by atoms with Gasteiger partial charge in [-0.25, -0.2) is 19.3 Å². The number of anilines is 3. The Bertz CT molecular complexity index is 679. The molecule has 0 radical (unpaired) electrons. The van der Waals surface area contributed by atoms with Crippen molar-refractivity contribution in [3.05, 3.63) is 30.5 Å². The molecular formula is C16H20FN7. The fourth-order valence-electron chi connectivity index (χ4n) is 3.19. The van der Waals surface area contributed by atoms with E-state index in [0.717, 1.165) is 51.0 Å². The van der Waals surface area contributed by atoms with Gasteiger partial charge in [-0.1, -0.05) is 0 Å². The van der Waals surface area contributed by atoms with Gasteiger partial charge in [0.05, 0.1) is 12.4 Å². The van der Waals surface area contributed by atoms with Crippen LogP contribution in [0, 0.1) is 5.82 Å². The van der Waals surface area contributed by atoms with Crippen molar-refractivity contribution in [2.45, 2.75) is 12.8 Å². The summed E-state index contributed by atoms with van der Waals surface area (Å²) in [5.74, 6) is 1.96. The van der Waals surface area contributed by atoms with Crippen molar-refractivity contribution >= 4 is 17.7 Å². The Hall–Kier alpha value is -2.51. The Balaban J connectivity index is 1.42. The first-order valence-electron chi connectivity index (χ1n) is 8.35. The van der Waals surface area contributed by atoms with E-state index >= 15 is 0 Å². The van der Waals surface area contributed by atoms with Crippen molar-refractivity contribution in [3.63, 3.8) is 0 Å². The second kappa shape index (κ2) is 6.54. The van der Waals surface area contributed by atoms with Crippen molar-refractivity contribution in [1.29, 1.82) is 0 Å². The molecule has 126 valence electrons. The summed E-state index contributed by atoms with van der Waals surface area (Å²) in [4.78, 5) is 23.8. The van der Waals surface area contributed by atoms with Crippen LogP contribution in [0.15, 0.2) is 24.7 Å². The van der Waals surface area contributed by atoms with E-state index in [1.54, 1.807) is 0 Å². The average Bonchev–Trinajstić information content (AvgIpc) is 3.17. The summed E-state index contributed by atoms with van der Waals surface area (Å²) in [6.45, 7) is 5.32. The van der Waals surface area contributed by atoms with E-state index in [9.17, 15) is 4.39 Å². The van der Waals surface area contributed by atoms with Gasteiger partial charge in [0.1, 0.15) is 5.82 Å². The van der Waals surface area contributed by atoms with E-state index in [1.807, 2.05) is 12.3 Å². The van der Waals surface area contributed by atoms with Crippen LogP contribution in [0.5, 0.6) is 0 Å². The zero-order chi connectivity index (χ0) is 16.4. The van der Waals surface area contributed by atoms with E-state index < -0.39 is 5.82 Å². The Labute approximate surface area is 140 Å². The zero-order valence-corrected chi connectivity index (χ0v) is 13.5. The van der Waals surface area contributed by atoms with Gasteiger partial charge in [-0.2, -0.15) is 4.98 Å². The number of halogens is 1. The molecule has 2 aromatic heterocycles. The summed E-state index contributed by atoms with van der Waals surface area (Å²) in [6.07, 6.45) is 6.68. The van der Waals surface area contributed by atoms with Crippen LogP contribution in [0.25, 0.3) is 0 Å². The monoisotopic (exact) mass is 329 g/mol. The molecule has 0 saturated carbocycles. The van der Waals surface area contributed by atoms with Gasteiger partial charge in [0, 0.05) is 45.5 Å². The van der Waals surface area contributed by atoms with Crippen LogP contribution in [-0.2, 0) is 0 Å². The van der Waals surface area contributed by atoms with Crippen LogP contribution in [0.4, 0.5) is 22.1 Å². The minimum absolute atomic E-state index is 0.409. The Morgan fingerprint density at radius 2 is 1.38 bits per heavy atom. The largest absolute Gasteiger partial charge is 0.353 e. The van der Waals surface area contributed by atoms with Crippen molar-refractivity contribution < 1.29 is 4.39 Å². The van der Waals surface area contributed by atoms with Gasteiger partial charge in [0.2, 0.25) is 11.9 Å². The first-order chi connectivity index (χ1) is 11.8. The van der Waals surface area contributed by atoms with Crippen LogP contribution in [0.1, 0.15) is 12.8 Å². The van der Waals surface area contributed by atoms with Gasteiger partial charge in [-0.3, -0.25) is 0 Å². The maximum atomic E-state index is 12.9. The molecule has 0 bridgehead atoms. The first-order valence-corrected chi connectivity index (χ1v) is 8.35. The summed E-state index contributed by atoms with van der Waals surface area (Å²) < 4.78 is 12.9. The molecule has 0 N–H and O–H groups in total. The predicted octanol–water partition coefficient (Wildman–Crippen LogP) is 1.33. The molecule has 0 unspecified atom stereocenters. The van der Waals surface area contributed by atoms with Crippen molar-refractivity contribution in [3.8, 4) is 0 Å². The van der Waals surface area contributed by atoms with Crippen LogP contribution in [0.2, 0.25) is 0 Å². The quantitative estimate of drug-likeness (QED) is 0.842. The van der Waals surface area contributed by atoms with Gasteiger partial charge in [0.25, 0.3) is 0 Å². The Morgan fingerprint density at radius 1 is 0.750 bits per heavy atom. The minimum Gasteiger partial charge on any atom is -0.353 e. The molecule has 2 aromatic rings. The van der Waals surface area contributed by atoms with Gasteiger partial charge in [-0.15, -0.1) is 0 Å². The second-order valence-corrected chi connectivity index (χ2v) is 6.08. The molecule has 0 amide bonds. The van der Waals surface area contributed by atoms with E-state index in [-0.39, 0.29) is 0 Å². The maximum absolute atomic E-state index is 12.9. The molecule has 2 aliphatic rings. The second-order valence-electron chi connectivity index (χ2n) is 6.08. The highest BCUT2D eigenvalue weighted by Gasteiger charge is 2.21. The standard InChI is InChI=1S/C16H20FN7/c17-13-11-19-15(20-12-13)24-9-7-22(8-10-24)14-3-4-18-16(21-14)23-5-1-2-6-23/h3-4,11-12H,1-2,5-10H2. The summed E-state index contributed by atoms with van der Waals surface area (Å²) in [5, 5.41) is 0. The smallest absolute Gasteiger partial charge is 0.227 e. The molecule has 4 heterocycles. The zero-order valence-electron chi connectivity index (χ0n) is 13.5. The van der Waals surface area contributed by atoms with E-state index in [2.05, 4.69) is 29.7 Å². The Morgan fingerprint density at radius 3 is 2.08 bits per heavy atom. The van der Waals surface area contributed by atoms with Gasteiger partial charge >= 0.3 is 0 Å². The lowest BCUT2D eigenvalue weighted by Gasteiger charge is -2.35. The average molecular weight is 329 g/mol. The normalized spacial score (nSPS) is 18.3. The lowest BCUT2D eigenvalue weighted by molar-refractivity contribution is 0.601. The predicted molar refractivity (Wildman–Crippen MR) is 89.9 cm³/mol. The molecule has 0 aromatic carbocycles. The van der Waals surface area contributed by atoms with Crippen molar-refractivity contribution in [2.75, 3.05) is 54.0 Å².